The Kier molecular flexibility index (Phi) is 5.34. The van der Waals surface area contributed by atoms with E-state index in [4.69, 9.17) is 5.73 Å². The van der Waals surface area contributed by atoms with Crippen LogP contribution >= 0.6 is 0 Å². The lowest BCUT2D eigenvalue weighted by atomic mass is 10.2. The molecule has 3 N–H and O–H groups in total. The first-order chi connectivity index (χ1) is 8.84. The number of hydrogen-bond acceptors (Lipinski definition) is 3. The average Bonchev–Trinajstić information content (AvgIpc) is 2.77. The van der Waals surface area contributed by atoms with Gasteiger partial charge in [0.1, 0.15) is 0 Å². The van der Waals surface area contributed by atoms with Gasteiger partial charge in [-0.1, -0.05) is 6.92 Å². The Morgan fingerprint density at radius 3 is 2.74 bits per heavy atom. The molecule has 8 heteroatoms. The monoisotopic (exact) mass is 278 g/mol. The lowest BCUT2D eigenvalue weighted by Crippen LogP contribution is -2.42. The second-order valence-corrected chi connectivity index (χ2v) is 4.16. The summed E-state index contributed by atoms with van der Waals surface area (Å²) < 4.78 is 38.2. The van der Waals surface area contributed by atoms with E-state index in [-0.39, 0.29) is 6.54 Å². The van der Waals surface area contributed by atoms with Crippen LogP contribution in [0.1, 0.15) is 25.5 Å². The van der Waals surface area contributed by atoms with E-state index in [1.807, 2.05) is 6.92 Å². The van der Waals surface area contributed by atoms with Crippen molar-refractivity contribution in [3.8, 4) is 0 Å². The first kappa shape index (κ1) is 15.5. The maximum atomic E-state index is 12.3. The lowest BCUT2D eigenvalue weighted by molar-refractivity contribution is -0.141. The highest BCUT2D eigenvalue weighted by atomic mass is 19.4. The minimum absolute atomic E-state index is 0.195. The molecule has 5 nitrogen and oxygen atoms in total. The smallest absolute Gasteiger partial charge is 0.368 e. The van der Waals surface area contributed by atoms with Gasteiger partial charge in [-0.25, -0.2) is 0 Å². The van der Waals surface area contributed by atoms with Crippen LogP contribution < -0.4 is 11.1 Å². The van der Waals surface area contributed by atoms with Gasteiger partial charge in [0.25, 0.3) is 0 Å². The first-order valence-electron chi connectivity index (χ1n) is 5.98. The van der Waals surface area contributed by atoms with Crippen LogP contribution in [-0.2, 0) is 17.5 Å². The fourth-order valence-electron chi connectivity index (χ4n) is 1.56. The van der Waals surface area contributed by atoms with E-state index in [1.54, 1.807) is 0 Å². The number of nitrogens with two attached hydrogens (primary N) is 1. The Balaban J connectivity index is 2.54. The Bertz CT molecular complexity index is 416. The van der Waals surface area contributed by atoms with Crippen LogP contribution in [0.5, 0.6) is 0 Å². The number of aromatic nitrogens is 2. The third-order valence-corrected chi connectivity index (χ3v) is 2.56. The number of nitrogens with one attached hydrogen (secondary N) is 1. The standard InChI is InChI=1S/C11H17F3N4O/c1-2-5-16-8(10(15)19)3-6-18-7-4-9(17-18)11(12,13)14/h4,7-8,16H,2-3,5-6H2,1H3,(H2,15,19). The second kappa shape index (κ2) is 6.55. The van der Waals surface area contributed by atoms with Crippen molar-refractivity contribution >= 4 is 5.91 Å². The summed E-state index contributed by atoms with van der Waals surface area (Å²) in [5.41, 5.74) is 4.26. The molecule has 1 rings (SSSR count). The number of carbonyl (C=O) groups is 1. The zero-order valence-corrected chi connectivity index (χ0v) is 10.6. The number of aryl methyl sites for hydroxylation is 1. The quantitative estimate of drug-likeness (QED) is 0.785. The largest absolute Gasteiger partial charge is 0.435 e. The minimum atomic E-state index is -4.45. The van der Waals surface area contributed by atoms with Crippen molar-refractivity contribution in [2.45, 2.75) is 38.5 Å². The number of primary amides is 1. The van der Waals surface area contributed by atoms with Gasteiger partial charge >= 0.3 is 6.18 Å². The second-order valence-electron chi connectivity index (χ2n) is 4.16. The topological polar surface area (TPSA) is 72.9 Å². The normalized spacial score (nSPS) is 13.5. The molecule has 1 aromatic heterocycles. The van der Waals surface area contributed by atoms with E-state index in [0.29, 0.717) is 13.0 Å². The molecule has 1 unspecified atom stereocenters. The highest BCUT2D eigenvalue weighted by Crippen LogP contribution is 2.27. The van der Waals surface area contributed by atoms with Gasteiger partial charge in [0.15, 0.2) is 5.69 Å². The Morgan fingerprint density at radius 2 is 2.26 bits per heavy atom. The molecule has 1 heterocycles. The first-order valence-corrected chi connectivity index (χ1v) is 5.98. The van der Waals surface area contributed by atoms with Crippen LogP contribution in [-0.4, -0.2) is 28.3 Å². The van der Waals surface area contributed by atoms with E-state index in [9.17, 15) is 18.0 Å². The van der Waals surface area contributed by atoms with Crippen LogP contribution in [0.4, 0.5) is 13.2 Å². The summed E-state index contributed by atoms with van der Waals surface area (Å²) in [6, 6.07) is 0.345. The van der Waals surface area contributed by atoms with Gasteiger partial charge in [0, 0.05) is 12.7 Å². The summed E-state index contributed by atoms with van der Waals surface area (Å²) in [7, 11) is 0. The van der Waals surface area contributed by atoms with Gasteiger partial charge in [-0.05, 0) is 25.5 Å². The molecule has 0 aromatic carbocycles. The van der Waals surface area contributed by atoms with Gasteiger partial charge in [-0.15, -0.1) is 0 Å². The zero-order chi connectivity index (χ0) is 14.5. The average molecular weight is 278 g/mol. The SMILES string of the molecule is CCCNC(CCn1ccc(C(F)(F)F)n1)C(N)=O. The number of nitrogens with zero attached hydrogens (tertiary/aromatic N) is 2. The van der Waals surface area contributed by atoms with Crippen LogP contribution in [0.3, 0.4) is 0 Å². The van der Waals surface area contributed by atoms with E-state index in [2.05, 4.69) is 10.4 Å². The van der Waals surface area contributed by atoms with Crippen LogP contribution in [0, 0.1) is 0 Å². The third kappa shape index (κ3) is 4.90. The number of rotatable bonds is 7. The molecular formula is C11H17F3N4O. The maximum Gasteiger partial charge on any atom is 0.435 e. The summed E-state index contributed by atoms with van der Waals surface area (Å²) in [6.07, 6.45) is -2.08. The molecule has 0 aliphatic rings. The molecule has 108 valence electrons. The van der Waals surface area contributed by atoms with Gasteiger partial charge in [-0.3, -0.25) is 9.48 Å². The Labute approximate surface area is 109 Å². The number of amides is 1. The molecule has 1 atom stereocenters. The third-order valence-electron chi connectivity index (χ3n) is 2.56. The molecule has 1 aromatic rings. The Morgan fingerprint density at radius 1 is 1.58 bits per heavy atom. The van der Waals surface area contributed by atoms with E-state index >= 15 is 0 Å². The van der Waals surface area contributed by atoms with Crippen LogP contribution in [0.15, 0.2) is 12.3 Å². The van der Waals surface area contributed by atoms with Gasteiger partial charge < -0.3 is 11.1 Å². The molecule has 0 aliphatic heterocycles. The molecular weight excluding hydrogens is 261 g/mol. The number of carbonyl (C=O) groups excluding carboxylic acids is 1. The molecule has 0 bridgehead atoms. The minimum Gasteiger partial charge on any atom is -0.368 e. The zero-order valence-electron chi connectivity index (χ0n) is 10.6. The van der Waals surface area contributed by atoms with Gasteiger partial charge in [0.2, 0.25) is 5.91 Å². The summed E-state index contributed by atoms with van der Waals surface area (Å²) in [4.78, 5) is 11.1. The van der Waals surface area contributed by atoms with Crippen LogP contribution in [0.25, 0.3) is 0 Å². The fraction of sp³-hybridized carbons (Fsp3) is 0.636. The number of halogens is 3. The van der Waals surface area contributed by atoms with E-state index in [1.165, 1.54) is 6.20 Å². The van der Waals surface area contributed by atoms with Crippen molar-refractivity contribution in [3.63, 3.8) is 0 Å². The summed E-state index contributed by atoms with van der Waals surface area (Å²) in [5.74, 6) is -0.517. The number of alkyl halides is 3. The highest BCUT2D eigenvalue weighted by molar-refractivity contribution is 5.79. The predicted molar refractivity (Wildman–Crippen MR) is 63.1 cm³/mol. The molecule has 19 heavy (non-hydrogen) atoms. The van der Waals surface area contributed by atoms with Crippen molar-refractivity contribution in [2.24, 2.45) is 5.73 Å². The van der Waals surface area contributed by atoms with Crippen molar-refractivity contribution in [3.05, 3.63) is 18.0 Å². The van der Waals surface area contributed by atoms with E-state index in [0.717, 1.165) is 17.2 Å². The molecule has 0 radical (unpaired) electrons. The molecule has 0 spiro atoms. The summed E-state index contributed by atoms with van der Waals surface area (Å²) in [6.45, 7) is 2.76. The van der Waals surface area contributed by atoms with Crippen molar-refractivity contribution in [1.29, 1.82) is 0 Å². The molecule has 0 fully saturated rings. The van der Waals surface area contributed by atoms with Crippen molar-refractivity contribution in [1.82, 2.24) is 15.1 Å². The van der Waals surface area contributed by atoms with Crippen molar-refractivity contribution in [2.75, 3.05) is 6.54 Å². The van der Waals surface area contributed by atoms with Crippen molar-refractivity contribution < 1.29 is 18.0 Å². The predicted octanol–water partition coefficient (Wildman–Crippen LogP) is 1.15. The molecule has 0 saturated heterocycles. The summed E-state index contributed by atoms with van der Waals surface area (Å²) in [5, 5.41) is 6.34. The highest BCUT2D eigenvalue weighted by Gasteiger charge is 2.33. The molecule has 0 saturated carbocycles. The molecule has 0 aliphatic carbocycles. The maximum absolute atomic E-state index is 12.3. The van der Waals surface area contributed by atoms with Gasteiger partial charge in [-0.2, -0.15) is 18.3 Å². The lowest BCUT2D eigenvalue weighted by Gasteiger charge is -2.14. The van der Waals surface area contributed by atoms with Crippen LogP contribution in [0.2, 0.25) is 0 Å². The van der Waals surface area contributed by atoms with E-state index < -0.39 is 23.8 Å². The summed E-state index contributed by atoms with van der Waals surface area (Å²) >= 11 is 0. The molecule has 1 amide bonds. The Hall–Kier alpha value is -1.57. The fourth-order valence-corrected chi connectivity index (χ4v) is 1.56. The number of hydrogen-bond donors (Lipinski definition) is 2. The van der Waals surface area contributed by atoms with Gasteiger partial charge in [0.05, 0.1) is 6.04 Å².